The molecule has 1 fully saturated rings. The molecule has 0 spiro atoms. The van der Waals surface area contributed by atoms with Gasteiger partial charge in [0.25, 0.3) is 0 Å². The van der Waals surface area contributed by atoms with Crippen molar-refractivity contribution in [3.05, 3.63) is 0 Å². The normalized spacial score (nSPS) is 30.5. The summed E-state index contributed by atoms with van der Waals surface area (Å²) in [6, 6.07) is 0.902. The Morgan fingerprint density at radius 1 is 1.47 bits per heavy atom. The molecule has 2 unspecified atom stereocenters. The van der Waals surface area contributed by atoms with Crippen molar-refractivity contribution in [2.45, 2.75) is 58.3 Å². The third-order valence-electron chi connectivity index (χ3n) is 2.75. The largest absolute Gasteiger partial charge is 0.501 e. The second kappa shape index (κ2) is 8.82. The summed E-state index contributed by atoms with van der Waals surface area (Å²) in [4.78, 5) is 0. The molecule has 2 atom stereocenters. The van der Waals surface area contributed by atoms with Crippen molar-refractivity contribution in [1.29, 1.82) is 0 Å². The van der Waals surface area contributed by atoms with Crippen LogP contribution in [-0.4, -0.2) is 32.9 Å². The molecule has 8 heteroatoms. The number of hydrogen-bond acceptors (Lipinski definition) is 7. The summed E-state index contributed by atoms with van der Waals surface area (Å²) < 4.78 is 18.3. The summed E-state index contributed by atoms with van der Waals surface area (Å²) >= 11 is 4.10. The zero-order chi connectivity index (χ0) is 14.4. The molecule has 1 heterocycles. The molecule has 1 aliphatic heterocycles. The highest BCUT2D eigenvalue weighted by Crippen LogP contribution is 2.39. The van der Waals surface area contributed by atoms with Crippen LogP contribution in [0.15, 0.2) is 0 Å². The maximum atomic E-state index is 6.24. The van der Waals surface area contributed by atoms with Crippen LogP contribution in [0, 0.1) is 0 Å². The Morgan fingerprint density at radius 3 is 2.79 bits per heavy atom. The van der Waals surface area contributed by atoms with E-state index in [2.05, 4.69) is 32.4 Å². The Morgan fingerprint density at radius 2 is 2.21 bits per heavy atom. The molecule has 0 aromatic rings. The Labute approximate surface area is 134 Å². The van der Waals surface area contributed by atoms with E-state index in [4.69, 9.17) is 13.3 Å². The average molecular weight is 361 g/mol. The van der Waals surface area contributed by atoms with Gasteiger partial charge in [-0.15, -0.1) is 0 Å². The van der Waals surface area contributed by atoms with Crippen LogP contribution in [-0.2, 0) is 13.3 Å². The molecule has 19 heavy (non-hydrogen) atoms. The molecule has 0 saturated carbocycles. The minimum absolute atomic E-state index is 0.137. The molecule has 0 aromatic heterocycles. The Balaban J connectivity index is 2.52. The summed E-state index contributed by atoms with van der Waals surface area (Å²) in [5, 5.41) is 0. The Bertz CT molecular complexity index is 270. The molecule has 0 amide bonds. The molecule has 114 valence electrons. The van der Waals surface area contributed by atoms with Crippen molar-refractivity contribution in [2.75, 3.05) is 12.4 Å². The first-order valence-electron chi connectivity index (χ1n) is 6.55. The van der Waals surface area contributed by atoms with E-state index in [1.807, 2.05) is 17.7 Å². The van der Waals surface area contributed by atoms with Gasteiger partial charge >= 0.3 is 8.80 Å². The van der Waals surface area contributed by atoms with Gasteiger partial charge in [0.1, 0.15) is 0 Å². The second-order valence-electron chi connectivity index (χ2n) is 5.18. The van der Waals surface area contributed by atoms with Gasteiger partial charge < -0.3 is 13.3 Å². The highest BCUT2D eigenvalue weighted by Gasteiger charge is 2.50. The van der Waals surface area contributed by atoms with Gasteiger partial charge in [0.05, 0.1) is 5.60 Å². The molecular formula is C11H24O3S4Si. The van der Waals surface area contributed by atoms with Crippen molar-refractivity contribution in [2.24, 2.45) is 0 Å². The standard InChI is InChI=1S/C11H24O3S4Si/c1-5-12-19(8-6-7-16-18-17-15)13-10(2)9-11(3,4)14-19/h10,15H,5-9H2,1-4H3. The van der Waals surface area contributed by atoms with Crippen molar-refractivity contribution < 1.29 is 13.3 Å². The lowest BCUT2D eigenvalue weighted by Crippen LogP contribution is -2.58. The number of hydrogen-bond donors (Lipinski definition) is 1. The van der Waals surface area contributed by atoms with Crippen LogP contribution >= 0.6 is 42.1 Å². The molecular weight excluding hydrogens is 336 g/mol. The van der Waals surface area contributed by atoms with Gasteiger partial charge in [-0.3, -0.25) is 0 Å². The van der Waals surface area contributed by atoms with E-state index in [9.17, 15) is 0 Å². The van der Waals surface area contributed by atoms with Gasteiger partial charge in [0.2, 0.25) is 0 Å². The predicted molar refractivity (Wildman–Crippen MR) is 93.8 cm³/mol. The molecule has 0 aliphatic carbocycles. The van der Waals surface area contributed by atoms with E-state index in [-0.39, 0.29) is 11.7 Å². The highest BCUT2D eigenvalue weighted by molar-refractivity contribution is 9.23. The van der Waals surface area contributed by atoms with E-state index in [0.29, 0.717) is 6.61 Å². The molecule has 1 rings (SSSR count). The Hall–Kier alpha value is 1.50. The van der Waals surface area contributed by atoms with E-state index in [1.165, 1.54) is 9.83 Å². The zero-order valence-electron chi connectivity index (χ0n) is 12.0. The number of thiol groups is 1. The van der Waals surface area contributed by atoms with Gasteiger partial charge in [-0.2, -0.15) is 0 Å². The molecule has 0 N–H and O–H groups in total. The van der Waals surface area contributed by atoms with E-state index in [0.717, 1.165) is 24.6 Å². The Kier molecular flexibility index (Phi) is 8.61. The fourth-order valence-electron chi connectivity index (χ4n) is 2.40. The zero-order valence-corrected chi connectivity index (χ0v) is 16.4. The SMILES string of the molecule is CCO[Si]1(CCCSSSS)OC(C)CC(C)(C)O1. The maximum absolute atomic E-state index is 6.24. The minimum Gasteiger partial charge on any atom is -0.374 e. The molecule has 0 radical (unpaired) electrons. The molecule has 1 aliphatic rings. The monoisotopic (exact) mass is 360 g/mol. The van der Waals surface area contributed by atoms with E-state index < -0.39 is 8.80 Å². The summed E-state index contributed by atoms with van der Waals surface area (Å²) in [6.45, 7) is 9.05. The van der Waals surface area contributed by atoms with Crippen molar-refractivity contribution in [3.63, 3.8) is 0 Å². The van der Waals surface area contributed by atoms with E-state index >= 15 is 0 Å². The number of rotatable bonds is 8. The molecule has 1 saturated heterocycles. The van der Waals surface area contributed by atoms with Crippen molar-refractivity contribution in [3.8, 4) is 0 Å². The lowest BCUT2D eigenvalue weighted by atomic mass is 10.0. The van der Waals surface area contributed by atoms with Crippen LogP contribution in [0.2, 0.25) is 6.04 Å². The van der Waals surface area contributed by atoms with Crippen LogP contribution < -0.4 is 0 Å². The summed E-state index contributed by atoms with van der Waals surface area (Å²) in [7, 11) is 2.51. The lowest BCUT2D eigenvalue weighted by molar-refractivity contribution is -0.0896. The van der Waals surface area contributed by atoms with Crippen LogP contribution in [0.3, 0.4) is 0 Å². The quantitative estimate of drug-likeness (QED) is 0.288. The third kappa shape index (κ3) is 6.86. The van der Waals surface area contributed by atoms with Crippen molar-refractivity contribution >= 4 is 50.9 Å². The summed E-state index contributed by atoms with van der Waals surface area (Å²) in [5.41, 5.74) is -0.137. The van der Waals surface area contributed by atoms with Crippen molar-refractivity contribution in [1.82, 2.24) is 0 Å². The van der Waals surface area contributed by atoms with Gasteiger partial charge in [-0.05, 0) is 60.2 Å². The van der Waals surface area contributed by atoms with Crippen LogP contribution in [0.5, 0.6) is 0 Å². The third-order valence-corrected chi connectivity index (χ3v) is 10.7. The second-order valence-corrected chi connectivity index (χ2v) is 12.8. The average Bonchev–Trinajstić information content (AvgIpc) is 2.26. The van der Waals surface area contributed by atoms with Gasteiger partial charge in [-0.25, -0.2) is 0 Å². The van der Waals surface area contributed by atoms with Gasteiger partial charge in [0.15, 0.2) is 0 Å². The predicted octanol–water partition coefficient (Wildman–Crippen LogP) is 4.83. The van der Waals surface area contributed by atoms with Gasteiger partial charge in [-0.1, -0.05) is 22.5 Å². The fraction of sp³-hybridized carbons (Fsp3) is 1.00. The van der Waals surface area contributed by atoms with Crippen LogP contribution in [0.1, 0.15) is 40.5 Å². The van der Waals surface area contributed by atoms with Crippen LogP contribution in [0.4, 0.5) is 0 Å². The first-order valence-corrected chi connectivity index (χ1v) is 13.2. The summed E-state index contributed by atoms with van der Waals surface area (Å²) in [6.07, 6.45) is 2.20. The molecule has 3 nitrogen and oxygen atoms in total. The maximum Gasteiger partial charge on any atom is 0.501 e. The molecule has 0 aromatic carbocycles. The lowest BCUT2D eigenvalue weighted by Gasteiger charge is -2.45. The first kappa shape index (κ1) is 18.5. The van der Waals surface area contributed by atoms with Crippen LogP contribution in [0.25, 0.3) is 0 Å². The highest BCUT2D eigenvalue weighted by atomic mass is 33.7. The smallest absolute Gasteiger partial charge is 0.374 e. The molecule has 0 bridgehead atoms. The summed E-state index contributed by atoms with van der Waals surface area (Å²) in [5.74, 6) is 1.07. The van der Waals surface area contributed by atoms with E-state index in [1.54, 1.807) is 9.83 Å². The van der Waals surface area contributed by atoms with Gasteiger partial charge in [0, 0.05) is 24.5 Å². The first-order chi connectivity index (χ1) is 8.93. The minimum atomic E-state index is -2.49. The topological polar surface area (TPSA) is 27.7 Å². The fourth-order valence-corrected chi connectivity index (χ4v) is 9.08.